The van der Waals surface area contributed by atoms with E-state index in [4.69, 9.17) is 0 Å². The first kappa shape index (κ1) is 18.7. The number of hydrogen-bond acceptors (Lipinski definition) is 6. The highest BCUT2D eigenvalue weighted by atomic mass is 32.2. The number of anilines is 1. The van der Waals surface area contributed by atoms with E-state index < -0.39 is 10.0 Å². The van der Waals surface area contributed by atoms with Crippen LogP contribution in [0, 0.1) is 0 Å². The molecule has 1 fully saturated rings. The monoisotopic (exact) mass is 420 g/mol. The van der Waals surface area contributed by atoms with E-state index in [1.807, 2.05) is 42.5 Å². The normalized spacial score (nSPS) is 15.5. The van der Waals surface area contributed by atoms with Crippen LogP contribution in [0.1, 0.15) is 0 Å². The molecule has 0 amide bonds. The van der Waals surface area contributed by atoms with E-state index in [-0.39, 0.29) is 0 Å². The average molecular weight is 420 g/mol. The van der Waals surface area contributed by atoms with Crippen molar-refractivity contribution in [1.82, 2.24) is 24.1 Å². The lowest BCUT2D eigenvalue weighted by molar-refractivity contribution is 0.383. The molecule has 2 aromatic carbocycles. The highest BCUT2D eigenvalue weighted by Crippen LogP contribution is 2.23. The lowest BCUT2D eigenvalue weighted by atomic mass is 10.1. The summed E-state index contributed by atoms with van der Waals surface area (Å²) in [6.45, 7) is 1.93. The van der Waals surface area contributed by atoms with E-state index in [1.54, 1.807) is 39.7 Å². The van der Waals surface area contributed by atoms with Gasteiger partial charge in [0.15, 0.2) is 11.6 Å². The molecule has 1 aliphatic heterocycles. The van der Waals surface area contributed by atoms with E-state index in [2.05, 4.69) is 20.1 Å². The van der Waals surface area contributed by atoms with Gasteiger partial charge in [0.25, 0.3) is 0 Å². The summed E-state index contributed by atoms with van der Waals surface area (Å²) < 4.78 is 29.6. The Balaban J connectivity index is 1.30. The minimum atomic E-state index is -3.54. The van der Waals surface area contributed by atoms with Crippen molar-refractivity contribution in [3.63, 3.8) is 0 Å². The molecule has 2 aromatic heterocycles. The molecule has 0 atom stereocenters. The third kappa shape index (κ3) is 3.42. The zero-order valence-corrected chi connectivity index (χ0v) is 17.0. The summed E-state index contributed by atoms with van der Waals surface area (Å²) in [5.74, 6) is 1.43. The van der Waals surface area contributed by atoms with Gasteiger partial charge in [-0.05, 0) is 35.0 Å². The molecule has 30 heavy (non-hydrogen) atoms. The van der Waals surface area contributed by atoms with Crippen LogP contribution in [0.2, 0.25) is 0 Å². The molecule has 1 saturated heterocycles. The fourth-order valence-electron chi connectivity index (χ4n) is 3.65. The molecule has 0 aliphatic carbocycles. The number of piperazine rings is 1. The molecule has 0 bridgehead atoms. The molecule has 0 saturated carbocycles. The zero-order chi connectivity index (χ0) is 20.6. The molecule has 0 unspecified atom stereocenters. The number of fused-ring (bicyclic) bond motifs is 1. The van der Waals surface area contributed by atoms with Gasteiger partial charge >= 0.3 is 0 Å². The topological polar surface area (TPSA) is 84.2 Å². The summed E-state index contributed by atoms with van der Waals surface area (Å²) in [6.07, 6.45) is 5.16. The molecule has 4 aromatic rings. The fraction of sp³-hybridized carbons (Fsp3) is 0.190. The molecule has 1 aliphatic rings. The summed E-state index contributed by atoms with van der Waals surface area (Å²) >= 11 is 0. The standard InChI is InChI=1S/C21H20N6O2S/c28-30(29,19-6-5-17-3-1-2-4-18(17)15-19)27-13-11-25(12-14-27)20-7-8-21(24-23-20)26-10-9-22-16-26/h1-10,15-16H,11-14H2. The Labute approximate surface area is 174 Å². The molecule has 0 radical (unpaired) electrons. The third-order valence-corrected chi connectivity index (χ3v) is 7.22. The van der Waals surface area contributed by atoms with Crippen LogP contribution in [0.4, 0.5) is 5.82 Å². The van der Waals surface area contributed by atoms with E-state index in [0.29, 0.717) is 36.9 Å². The highest BCUT2D eigenvalue weighted by molar-refractivity contribution is 7.89. The predicted octanol–water partition coefficient (Wildman–Crippen LogP) is 2.33. The van der Waals surface area contributed by atoms with Gasteiger partial charge < -0.3 is 4.90 Å². The number of hydrogen-bond donors (Lipinski definition) is 0. The van der Waals surface area contributed by atoms with E-state index in [9.17, 15) is 8.42 Å². The largest absolute Gasteiger partial charge is 0.352 e. The van der Waals surface area contributed by atoms with Crippen molar-refractivity contribution in [3.8, 4) is 5.82 Å². The quantitative estimate of drug-likeness (QED) is 0.504. The van der Waals surface area contributed by atoms with E-state index in [1.165, 1.54) is 0 Å². The lowest BCUT2D eigenvalue weighted by Gasteiger charge is -2.34. The summed E-state index contributed by atoms with van der Waals surface area (Å²) in [7, 11) is -3.54. The van der Waals surface area contributed by atoms with E-state index >= 15 is 0 Å². The van der Waals surface area contributed by atoms with Crippen molar-refractivity contribution in [3.05, 3.63) is 73.3 Å². The summed E-state index contributed by atoms with van der Waals surface area (Å²) in [4.78, 5) is 6.39. The van der Waals surface area contributed by atoms with Crippen molar-refractivity contribution in [2.24, 2.45) is 0 Å². The Bertz CT molecular complexity index is 1260. The van der Waals surface area contributed by atoms with Crippen LogP contribution in [0.3, 0.4) is 0 Å². The Morgan fingerprint density at radius 3 is 2.23 bits per heavy atom. The van der Waals surface area contributed by atoms with Gasteiger partial charge in [0, 0.05) is 38.6 Å². The molecular weight excluding hydrogens is 400 g/mol. The molecular formula is C21H20N6O2S. The maximum Gasteiger partial charge on any atom is 0.243 e. The van der Waals surface area contributed by atoms with Gasteiger partial charge in [-0.1, -0.05) is 30.3 Å². The Morgan fingerprint density at radius 1 is 0.800 bits per heavy atom. The molecule has 152 valence electrons. The highest BCUT2D eigenvalue weighted by Gasteiger charge is 2.29. The first-order valence-corrected chi connectivity index (χ1v) is 11.1. The van der Waals surface area contributed by atoms with Gasteiger partial charge in [-0.25, -0.2) is 13.4 Å². The second kappa shape index (κ2) is 7.51. The predicted molar refractivity (Wildman–Crippen MR) is 114 cm³/mol. The van der Waals surface area contributed by atoms with Crippen molar-refractivity contribution in [1.29, 1.82) is 0 Å². The van der Waals surface area contributed by atoms with Crippen molar-refractivity contribution in [2.45, 2.75) is 4.90 Å². The second-order valence-corrected chi connectivity index (χ2v) is 9.06. The Kier molecular flexibility index (Phi) is 4.68. The van der Waals surface area contributed by atoms with Gasteiger partial charge in [-0.15, -0.1) is 10.2 Å². The van der Waals surface area contributed by atoms with Gasteiger partial charge in [0.1, 0.15) is 6.33 Å². The van der Waals surface area contributed by atoms with Crippen LogP contribution in [0.25, 0.3) is 16.6 Å². The summed E-state index contributed by atoms with van der Waals surface area (Å²) in [5.41, 5.74) is 0. The number of rotatable bonds is 4. The van der Waals surface area contributed by atoms with Crippen LogP contribution in [0.5, 0.6) is 0 Å². The number of imidazole rings is 1. The second-order valence-electron chi connectivity index (χ2n) is 7.12. The zero-order valence-electron chi connectivity index (χ0n) is 16.2. The average Bonchev–Trinajstić information content (AvgIpc) is 3.34. The third-order valence-electron chi connectivity index (χ3n) is 5.33. The molecule has 0 N–H and O–H groups in total. The Morgan fingerprint density at radius 2 is 1.53 bits per heavy atom. The van der Waals surface area contributed by atoms with Crippen LogP contribution in [0.15, 0.2) is 78.2 Å². The SMILES string of the molecule is O=S(=O)(c1ccc2ccccc2c1)N1CCN(c2ccc(-n3ccnc3)nn2)CC1. The van der Waals surface area contributed by atoms with Crippen LogP contribution in [-0.2, 0) is 10.0 Å². The van der Waals surface area contributed by atoms with Gasteiger partial charge in [-0.2, -0.15) is 4.31 Å². The Hall–Kier alpha value is -3.30. The molecule has 3 heterocycles. The molecule has 9 heteroatoms. The van der Waals surface area contributed by atoms with Crippen LogP contribution in [-0.4, -0.2) is 58.7 Å². The lowest BCUT2D eigenvalue weighted by Crippen LogP contribution is -2.49. The molecule has 8 nitrogen and oxygen atoms in total. The minimum Gasteiger partial charge on any atom is -0.352 e. The van der Waals surface area contributed by atoms with E-state index in [0.717, 1.165) is 16.6 Å². The number of nitrogens with zero attached hydrogens (tertiary/aromatic N) is 6. The maximum absolute atomic E-state index is 13.1. The first-order valence-electron chi connectivity index (χ1n) is 9.67. The van der Waals surface area contributed by atoms with Crippen molar-refractivity contribution >= 4 is 26.6 Å². The van der Waals surface area contributed by atoms with Crippen molar-refractivity contribution in [2.75, 3.05) is 31.1 Å². The summed E-state index contributed by atoms with van der Waals surface area (Å²) in [5, 5.41) is 10.5. The van der Waals surface area contributed by atoms with Crippen molar-refractivity contribution < 1.29 is 8.42 Å². The van der Waals surface area contributed by atoms with Gasteiger partial charge in [-0.3, -0.25) is 4.57 Å². The molecule has 0 spiro atoms. The van der Waals surface area contributed by atoms with Crippen LogP contribution < -0.4 is 4.90 Å². The maximum atomic E-state index is 13.1. The van der Waals surface area contributed by atoms with Gasteiger partial charge in [0.05, 0.1) is 4.90 Å². The fourth-order valence-corrected chi connectivity index (χ4v) is 5.11. The molecule has 5 rings (SSSR count). The van der Waals surface area contributed by atoms with Crippen LogP contribution >= 0.6 is 0 Å². The summed E-state index contributed by atoms with van der Waals surface area (Å²) in [6, 6.07) is 16.8. The minimum absolute atomic E-state index is 0.333. The number of sulfonamides is 1. The number of benzene rings is 2. The number of aromatic nitrogens is 4. The first-order chi connectivity index (χ1) is 14.6. The van der Waals surface area contributed by atoms with Gasteiger partial charge in [0.2, 0.25) is 10.0 Å². The smallest absolute Gasteiger partial charge is 0.243 e.